The summed E-state index contributed by atoms with van der Waals surface area (Å²) in [7, 11) is 0. The minimum atomic E-state index is -0.249. The van der Waals surface area contributed by atoms with Crippen molar-refractivity contribution in [3.05, 3.63) is 53.7 Å². The van der Waals surface area contributed by atoms with Crippen LogP contribution in [-0.2, 0) is 6.61 Å². The van der Waals surface area contributed by atoms with E-state index in [1.807, 2.05) is 0 Å². The summed E-state index contributed by atoms with van der Waals surface area (Å²) in [4.78, 5) is 15.7. The van der Waals surface area contributed by atoms with Gasteiger partial charge in [-0.25, -0.2) is 4.98 Å². The number of benzene rings is 1. The molecule has 0 bridgehead atoms. The Hall–Kier alpha value is -2.40. The predicted octanol–water partition coefficient (Wildman–Crippen LogP) is 1.41. The second-order valence-corrected chi connectivity index (χ2v) is 3.78. The number of nitrogens with two attached hydrogens (primary N) is 1. The molecule has 0 saturated heterocycles. The van der Waals surface area contributed by atoms with Gasteiger partial charge in [-0.15, -0.1) is 0 Å². The SMILES string of the molecule is Nc1cc(C(=O)Nc2ccc(CO)cc2)ccn1. The summed E-state index contributed by atoms with van der Waals surface area (Å²) in [6.45, 7) is -0.0187. The Morgan fingerprint density at radius 1 is 1.28 bits per heavy atom. The lowest BCUT2D eigenvalue weighted by Crippen LogP contribution is -2.12. The van der Waals surface area contributed by atoms with Crippen molar-refractivity contribution in [2.75, 3.05) is 11.1 Å². The van der Waals surface area contributed by atoms with Crippen molar-refractivity contribution < 1.29 is 9.90 Å². The van der Waals surface area contributed by atoms with E-state index < -0.39 is 0 Å². The Morgan fingerprint density at radius 2 is 2.00 bits per heavy atom. The number of carbonyl (C=O) groups excluding carboxylic acids is 1. The maximum absolute atomic E-state index is 11.9. The highest BCUT2D eigenvalue weighted by Crippen LogP contribution is 2.12. The quantitative estimate of drug-likeness (QED) is 0.760. The van der Waals surface area contributed by atoms with Crippen LogP contribution < -0.4 is 11.1 Å². The molecular formula is C13H13N3O2. The maximum atomic E-state index is 11.9. The highest BCUT2D eigenvalue weighted by molar-refractivity contribution is 6.04. The van der Waals surface area contributed by atoms with E-state index in [1.54, 1.807) is 30.3 Å². The van der Waals surface area contributed by atoms with Gasteiger partial charge in [-0.3, -0.25) is 4.79 Å². The lowest BCUT2D eigenvalue weighted by Gasteiger charge is -2.06. The summed E-state index contributed by atoms with van der Waals surface area (Å²) < 4.78 is 0. The number of aliphatic hydroxyl groups is 1. The molecule has 2 aromatic rings. The van der Waals surface area contributed by atoms with Crippen LogP contribution in [0, 0.1) is 0 Å². The van der Waals surface area contributed by atoms with Crippen LogP contribution in [0.25, 0.3) is 0 Å². The number of nitrogen functional groups attached to an aromatic ring is 1. The van der Waals surface area contributed by atoms with Crippen LogP contribution in [0.1, 0.15) is 15.9 Å². The van der Waals surface area contributed by atoms with Gasteiger partial charge in [-0.05, 0) is 29.8 Å². The lowest BCUT2D eigenvalue weighted by molar-refractivity contribution is 0.102. The van der Waals surface area contributed by atoms with Gasteiger partial charge in [0.05, 0.1) is 6.61 Å². The fourth-order valence-corrected chi connectivity index (χ4v) is 1.49. The predicted molar refractivity (Wildman–Crippen MR) is 69.0 cm³/mol. The number of hydrogen-bond donors (Lipinski definition) is 3. The largest absolute Gasteiger partial charge is 0.392 e. The molecule has 0 fully saturated rings. The topological polar surface area (TPSA) is 88.2 Å². The molecule has 4 N–H and O–H groups in total. The number of nitrogens with one attached hydrogen (secondary N) is 1. The molecular weight excluding hydrogens is 230 g/mol. The Kier molecular flexibility index (Phi) is 3.54. The summed E-state index contributed by atoms with van der Waals surface area (Å²) in [6.07, 6.45) is 1.49. The Morgan fingerprint density at radius 3 is 2.61 bits per heavy atom. The summed E-state index contributed by atoms with van der Waals surface area (Å²) in [6, 6.07) is 10.1. The van der Waals surface area contributed by atoms with Crippen molar-refractivity contribution in [3.63, 3.8) is 0 Å². The van der Waals surface area contributed by atoms with E-state index in [0.29, 0.717) is 17.1 Å². The van der Waals surface area contributed by atoms with Crippen molar-refractivity contribution in [1.29, 1.82) is 0 Å². The van der Waals surface area contributed by atoms with Gasteiger partial charge in [0, 0.05) is 17.4 Å². The standard InChI is InChI=1S/C13H13N3O2/c14-12-7-10(5-6-15-12)13(18)16-11-3-1-9(8-17)2-4-11/h1-7,17H,8H2,(H2,14,15)(H,16,18). The molecule has 1 amide bonds. The minimum Gasteiger partial charge on any atom is -0.392 e. The Bertz CT molecular complexity index is 552. The molecule has 0 atom stereocenters. The highest BCUT2D eigenvalue weighted by Gasteiger charge is 2.06. The third-order valence-corrected chi connectivity index (χ3v) is 2.44. The Labute approximate surface area is 104 Å². The van der Waals surface area contributed by atoms with Crippen LogP contribution in [-0.4, -0.2) is 16.0 Å². The summed E-state index contributed by atoms with van der Waals surface area (Å²) in [5.74, 6) is 0.0547. The van der Waals surface area contributed by atoms with E-state index in [9.17, 15) is 4.79 Å². The number of anilines is 2. The van der Waals surface area contributed by atoms with Gasteiger partial charge in [-0.1, -0.05) is 12.1 Å². The fraction of sp³-hybridized carbons (Fsp3) is 0.0769. The zero-order valence-corrected chi connectivity index (χ0v) is 9.63. The van der Waals surface area contributed by atoms with Crippen molar-refractivity contribution >= 4 is 17.4 Å². The van der Waals surface area contributed by atoms with Crippen LogP contribution in [0.5, 0.6) is 0 Å². The highest BCUT2D eigenvalue weighted by atomic mass is 16.3. The van der Waals surface area contributed by atoms with E-state index in [-0.39, 0.29) is 12.5 Å². The number of nitrogens with zero attached hydrogens (tertiary/aromatic N) is 1. The summed E-state index contributed by atoms with van der Waals surface area (Å²) >= 11 is 0. The molecule has 92 valence electrons. The molecule has 0 radical (unpaired) electrons. The third-order valence-electron chi connectivity index (χ3n) is 2.44. The number of amides is 1. The van der Waals surface area contributed by atoms with Gasteiger partial charge in [-0.2, -0.15) is 0 Å². The van der Waals surface area contributed by atoms with E-state index in [2.05, 4.69) is 10.3 Å². The first-order valence-electron chi connectivity index (χ1n) is 5.42. The minimum absolute atomic E-state index is 0.0187. The molecule has 0 aliphatic heterocycles. The molecule has 1 aromatic heterocycles. The molecule has 1 heterocycles. The number of rotatable bonds is 3. The molecule has 0 unspecified atom stereocenters. The van der Waals surface area contributed by atoms with Crippen LogP contribution in [0.15, 0.2) is 42.6 Å². The smallest absolute Gasteiger partial charge is 0.255 e. The van der Waals surface area contributed by atoms with Crippen molar-refractivity contribution in [1.82, 2.24) is 4.98 Å². The molecule has 1 aromatic carbocycles. The van der Waals surface area contributed by atoms with Gasteiger partial charge >= 0.3 is 0 Å². The van der Waals surface area contributed by atoms with Crippen molar-refractivity contribution in [2.45, 2.75) is 6.61 Å². The number of carbonyl (C=O) groups is 1. The van der Waals surface area contributed by atoms with Crippen LogP contribution in [0.3, 0.4) is 0 Å². The normalized spacial score (nSPS) is 10.1. The second-order valence-electron chi connectivity index (χ2n) is 3.78. The van der Waals surface area contributed by atoms with Gasteiger partial charge < -0.3 is 16.2 Å². The lowest BCUT2D eigenvalue weighted by atomic mass is 10.2. The van der Waals surface area contributed by atoms with Crippen LogP contribution in [0.4, 0.5) is 11.5 Å². The molecule has 0 saturated carbocycles. The summed E-state index contributed by atoms with van der Waals surface area (Å²) in [5, 5.41) is 11.6. The average Bonchev–Trinajstić information content (AvgIpc) is 2.39. The zero-order valence-electron chi connectivity index (χ0n) is 9.63. The molecule has 0 aliphatic carbocycles. The molecule has 5 nitrogen and oxygen atoms in total. The van der Waals surface area contributed by atoms with Crippen molar-refractivity contribution in [3.8, 4) is 0 Å². The van der Waals surface area contributed by atoms with Gasteiger partial charge in [0.25, 0.3) is 5.91 Å². The Balaban J connectivity index is 2.11. The molecule has 2 rings (SSSR count). The number of hydrogen-bond acceptors (Lipinski definition) is 4. The van der Waals surface area contributed by atoms with Gasteiger partial charge in [0.2, 0.25) is 0 Å². The molecule has 5 heteroatoms. The van der Waals surface area contributed by atoms with Gasteiger partial charge in [0.15, 0.2) is 0 Å². The van der Waals surface area contributed by atoms with E-state index in [4.69, 9.17) is 10.8 Å². The van der Waals surface area contributed by atoms with Gasteiger partial charge in [0.1, 0.15) is 5.82 Å². The second kappa shape index (κ2) is 5.29. The molecule has 0 spiro atoms. The number of pyridine rings is 1. The van der Waals surface area contributed by atoms with E-state index >= 15 is 0 Å². The number of aliphatic hydroxyl groups excluding tert-OH is 1. The van der Waals surface area contributed by atoms with Crippen LogP contribution in [0.2, 0.25) is 0 Å². The van der Waals surface area contributed by atoms with Crippen LogP contribution >= 0.6 is 0 Å². The fourth-order valence-electron chi connectivity index (χ4n) is 1.49. The first kappa shape index (κ1) is 12.1. The summed E-state index contributed by atoms with van der Waals surface area (Å²) in [5.41, 5.74) is 7.41. The molecule has 0 aliphatic rings. The van der Waals surface area contributed by atoms with E-state index in [0.717, 1.165) is 5.56 Å². The third kappa shape index (κ3) is 2.83. The first-order valence-corrected chi connectivity index (χ1v) is 5.42. The average molecular weight is 243 g/mol. The number of aromatic nitrogens is 1. The monoisotopic (exact) mass is 243 g/mol. The zero-order chi connectivity index (χ0) is 13.0. The maximum Gasteiger partial charge on any atom is 0.255 e. The van der Waals surface area contributed by atoms with E-state index in [1.165, 1.54) is 12.3 Å². The first-order chi connectivity index (χ1) is 8.69. The molecule has 18 heavy (non-hydrogen) atoms. The van der Waals surface area contributed by atoms with Crippen molar-refractivity contribution in [2.24, 2.45) is 0 Å².